The molecule has 68 valence electrons. The highest BCUT2D eigenvalue weighted by atomic mass is 16.3. The zero-order valence-corrected chi connectivity index (χ0v) is 6.93. The second-order valence-electron chi connectivity index (χ2n) is 2.78. The molecule has 0 saturated heterocycles. The molecular weight excluding hydrogens is 172 g/mol. The highest BCUT2D eigenvalue weighted by Crippen LogP contribution is 2.20. The van der Waals surface area contributed by atoms with E-state index in [0.717, 1.165) is 4.90 Å². The Bertz CT molecular complexity index is 357. The van der Waals surface area contributed by atoms with Crippen molar-refractivity contribution in [2.45, 2.75) is 13.2 Å². The number of hydrogen-bond donors (Lipinski definition) is 2. The molecular formula is C7H8N4O2. The number of nitrogens with zero attached hydrogens (tertiary/aromatic N) is 3. The lowest BCUT2D eigenvalue weighted by Crippen LogP contribution is -2.35. The van der Waals surface area contributed by atoms with Gasteiger partial charge >= 0.3 is 0 Å². The van der Waals surface area contributed by atoms with E-state index in [1.165, 1.54) is 12.4 Å². The van der Waals surface area contributed by atoms with Crippen LogP contribution in [0.1, 0.15) is 6.92 Å². The van der Waals surface area contributed by atoms with Gasteiger partial charge < -0.3 is 5.11 Å². The summed E-state index contributed by atoms with van der Waals surface area (Å²) in [6, 6.07) is 0. The molecule has 1 aliphatic heterocycles. The average molecular weight is 180 g/mol. The molecule has 1 aromatic rings. The topological polar surface area (TPSA) is 82.1 Å². The number of aromatic nitrogens is 3. The molecule has 2 heterocycles. The predicted molar refractivity (Wildman–Crippen MR) is 43.6 cm³/mol. The molecule has 0 spiro atoms. The van der Waals surface area contributed by atoms with Crippen molar-refractivity contribution < 1.29 is 9.90 Å². The number of carbonyl (C=O) groups is 1. The summed E-state index contributed by atoms with van der Waals surface area (Å²) in [5, 5.41) is 15.7. The van der Waals surface area contributed by atoms with Crippen LogP contribution in [0.15, 0.2) is 18.0 Å². The zero-order chi connectivity index (χ0) is 9.42. The van der Waals surface area contributed by atoms with Gasteiger partial charge in [-0.05, 0) is 12.5 Å². The summed E-state index contributed by atoms with van der Waals surface area (Å²) in [5.74, 6) is -0.0349. The van der Waals surface area contributed by atoms with Gasteiger partial charge in [-0.25, -0.2) is 10.00 Å². The third-order valence-electron chi connectivity index (χ3n) is 1.87. The Kier molecular flexibility index (Phi) is 1.63. The minimum atomic E-state index is -0.930. The van der Waals surface area contributed by atoms with Crippen LogP contribution in [0, 0.1) is 0 Å². The monoisotopic (exact) mass is 180 g/mol. The van der Waals surface area contributed by atoms with Gasteiger partial charge in [-0.15, -0.1) is 0 Å². The van der Waals surface area contributed by atoms with Crippen LogP contribution in [0.3, 0.4) is 0 Å². The minimum Gasteiger partial charge on any atom is -0.369 e. The van der Waals surface area contributed by atoms with Crippen molar-refractivity contribution in [3.8, 4) is 0 Å². The lowest BCUT2D eigenvalue weighted by Gasteiger charge is -2.17. The Morgan fingerprint density at radius 3 is 2.92 bits per heavy atom. The van der Waals surface area contributed by atoms with Gasteiger partial charge in [0.05, 0.1) is 0 Å². The first kappa shape index (κ1) is 7.93. The Balaban J connectivity index is 2.33. The van der Waals surface area contributed by atoms with Crippen LogP contribution in [0.25, 0.3) is 0 Å². The molecule has 0 aliphatic carbocycles. The molecule has 6 heteroatoms. The molecule has 1 unspecified atom stereocenters. The Morgan fingerprint density at radius 1 is 1.69 bits per heavy atom. The first-order chi connectivity index (χ1) is 6.20. The highest BCUT2D eigenvalue weighted by Gasteiger charge is 2.31. The Hall–Kier alpha value is -1.69. The molecule has 2 rings (SSSR count). The summed E-state index contributed by atoms with van der Waals surface area (Å²) >= 11 is 0. The predicted octanol–water partition coefficient (Wildman–Crippen LogP) is -0.584. The first-order valence-corrected chi connectivity index (χ1v) is 3.75. The maximum absolute atomic E-state index is 11.3. The molecule has 1 amide bonds. The molecule has 1 aliphatic rings. The number of amides is 1. The molecule has 13 heavy (non-hydrogen) atoms. The largest absolute Gasteiger partial charge is 0.369 e. The maximum atomic E-state index is 11.3. The summed E-state index contributed by atoms with van der Waals surface area (Å²) < 4.78 is 0. The van der Waals surface area contributed by atoms with E-state index in [1.54, 1.807) is 6.92 Å². The second-order valence-corrected chi connectivity index (χ2v) is 2.78. The molecule has 0 fully saturated rings. The average Bonchev–Trinajstić information content (AvgIpc) is 2.63. The van der Waals surface area contributed by atoms with E-state index in [9.17, 15) is 9.90 Å². The fraction of sp³-hybridized carbons (Fsp3) is 0.286. The summed E-state index contributed by atoms with van der Waals surface area (Å²) in [7, 11) is 0. The summed E-state index contributed by atoms with van der Waals surface area (Å²) in [5.41, 5.74) is 0.599. The fourth-order valence-corrected chi connectivity index (χ4v) is 1.20. The van der Waals surface area contributed by atoms with E-state index in [4.69, 9.17) is 0 Å². The number of aromatic amines is 1. The SMILES string of the molecule is CC1=CC(=O)N(c2ncn[nH]2)C1O. The van der Waals surface area contributed by atoms with Crippen LogP contribution in [0.4, 0.5) is 5.95 Å². The van der Waals surface area contributed by atoms with E-state index < -0.39 is 6.23 Å². The molecule has 0 saturated carbocycles. The molecule has 1 atom stereocenters. The molecule has 0 bridgehead atoms. The number of rotatable bonds is 1. The van der Waals surface area contributed by atoms with Crippen molar-refractivity contribution in [1.82, 2.24) is 15.2 Å². The van der Waals surface area contributed by atoms with Crippen molar-refractivity contribution in [3.63, 3.8) is 0 Å². The van der Waals surface area contributed by atoms with E-state index in [1.807, 2.05) is 0 Å². The second kappa shape index (κ2) is 2.67. The van der Waals surface area contributed by atoms with Crippen LogP contribution >= 0.6 is 0 Å². The molecule has 0 radical (unpaired) electrons. The lowest BCUT2D eigenvalue weighted by molar-refractivity contribution is -0.114. The van der Waals surface area contributed by atoms with Crippen LogP contribution in [-0.4, -0.2) is 32.4 Å². The number of H-pyrrole nitrogens is 1. The van der Waals surface area contributed by atoms with Crippen molar-refractivity contribution in [1.29, 1.82) is 0 Å². The molecule has 0 aromatic carbocycles. The molecule has 2 N–H and O–H groups in total. The minimum absolute atomic E-state index is 0.255. The summed E-state index contributed by atoms with van der Waals surface area (Å²) in [6.45, 7) is 1.68. The third kappa shape index (κ3) is 1.11. The van der Waals surface area contributed by atoms with E-state index in [0.29, 0.717) is 5.57 Å². The highest BCUT2D eigenvalue weighted by molar-refractivity contribution is 6.04. The van der Waals surface area contributed by atoms with Gasteiger partial charge in [0.2, 0.25) is 5.95 Å². The van der Waals surface area contributed by atoms with Gasteiger partial charge in [-0.2, -0.15) is 10.1 Å². The summed E-state index contributed by atoms with van der Waals surface area (Å²) in [6.07, 6.45) is 1.72. The van der Waals surface area contributed by atoms with Crippen LogP contribution < -0.4 is 4.90 Å². The van der Waals surface area contributed by atoms with Crippen molar-refractivity contribution >= 4 is 11.9 Å². The normalized spacial score (nSPS) is 22.3. The number of nitrogens with one attached hydrogen (secondary N) is 1. The number of carbonyl (C=O) groups excluding carboxylic acids is 1. The van der Waals surface area contributed by atoms with Gasteiger partial charge in [0, 0.05) is 6.08 Å². The van der Waals surface area contributed by atoms with Crippen molar-refractivity contribution in [2.75, 3.05) is 4.90 Å². The molecule has 1 aromatic heterocycles. The van der Waals surface area contributed by atoms with Gasteiger partial charge in [-0.3, -0.25) is 4.79 Å². The van der Waals surface area contributed by atoms with Crippen LogP contribution in [0.5, 0.6) is 0 Å². The molecule has 6 nitrogen and oxygen atoms in total. The van der Waals surface area contributed by atoms with Crippen molar-refractivity contribution in [3.05, 3.63) is 18.0 Å². The lowest BCUT2D eigenvalue weighted by atomic mass is 10.3. The first-order valence-electron chi connectivity index (χ1n) is 3.75. The number of hydrogen-bond acceptors (Lipinski definition) is 4. The van der Waals surface area contributed by atoms with Gasteiger partial charge in [0.15, 0.2) is 6.23 Å². The standard InChI is InChI=1S/C7H8N4O2/c1-4-2-5(12)11(6(4)13)7-8-3-9-10-7/h2-3,6,13H,1H3,(H,8,9,10). The number of anilines is 1. The van der Waals surface area contributed by atoms with E-state index in [2.05, 4.69) is 15.2 Å². The summed E-state index contributed by atoms with van der Waals surface area (Å²) in [4.78, 5) is 16.2. The van der Waals surface area contributed by atoms with Crippen LogP contribution in [-0.2, 0) is 4.79 Å². The van der Waals surface area contributed by atoms with Gasteiger partial charge in [0.1, 0.15) is 6.33 Å². The zero-order valence-electron chi connectivity index (χ0n) is 6.93. The van der Waals surface area contributed by atoms with Crippen LogP contribution in [0.2, 0.25) is 0 Å². The van der Waals surface area contributed by atoms with Gasteiger partial charge in [0.25, 0.3) is 5.91 Å². The number of aliphatic hydroxyl groups is 1. The third-order valence-corrected chi connectivity index (χ3v) is 1.87. The fourth-order valence-electron chi connectivity index (χ4n) is 1.20. The Morgan fingerprint density at radius 2 is 2.46 bits per heavy atom. The van der Waals surface area contributed by atoms with Crippen molar-refractivity contribution in [2.24, 2.45) is 0 Å². The van der Waals surface area contributed by atoms with E-state index >= 15 is 0 Å². The maximum Gasteiger partial charge on any atom is 0.255 e. The quantitative estimate of drug-likeness (QED) is 0.605. The van der Waals surface area contributed by atoms with Gasteiger partial charge in [-0.1, -0.05) is 0 Å². The Labute approximate surface area is 73.9 Å². The number of aliphatic hydroxyl groups excluding tert-OH is 1. The van der Waals surface area contributed by atoms with E-state index in [-0.39, 0.29) is 11.9 Å². The smallest absolute Gasteiger partial charge is 0.255 e.